The Bertz CT molecular complexity index is 1540. The highest BCUT2D eigenvalue weighted by Gasteiger charge is 2.18. The second-order valence-corrected chi connectivity index (χ2v) is 9.45. The molecule has 0 saturated carbocycles. The first-order valence-corrected chi connectivity index (χ1v) is 12.7. The van der Waals surface area contributed by atoms with Gasteiger partial charge in [-0.15, -0.1) is 0 Å². The molecule has 3 N–H and O–H groups in total. The topological polar surface area (TPSA) is 98.4 Å². The summed E-state index contributed by atoms with van der Waals surface area (Å²) >= 11 is 0. The highest BCUT2D eigenvalue weighted by atomic mass is 15.1. The minimum atomic E-state index is 0.839. The summed E-state index contributed by atoms with van der Waals surface area (Å²) in [5.74, 6) is 0. The predicted molar refractivity (Wildman–Crippen MR) is 146 cm³/mol. The number of piperidine rings is 1. The van der Waals surface area contributed by atoms with Gasteiger partial charge in [0.05, 0.1) is 35.0 Å². The molecule has 0 amide bonds. The first-order chi connectivity index (χ1) is 17.7. The largest absolute Gasteiger partial charge is 0.371 e. The highest BCUT2D eigenvalue weighted by molar-refractivity contribution is 5.99. The van der Waals surface area contributed by atoms with Crippen LogP contribution in [0.15, 0.2) is 61.3 Å². The van der Waals surface area contributed by atoms with Crippen LogP contribution in [0.5, 0.6) is 0 Å². The van der Waals surface area contributed by atoms with Crippen LogP contribution in [0.4, 0.5) is 11.4 Å². The fraction of sp³-hybridized carbons (Fsp3) is 0.286. The third-order valence-corrected chi connectivity index (χ3v) is 6.81. The lowest BCUT2D eigenvalue weighted by atomic mass is 10.1. The number of nitrogens with one attached hydrogen (secondary N) is 3. The van der Waals surface area contributed by atoms with Crippen molar-refractivity contribution in [3.63, 3.8) is 0 Å². The summed E-state index contributed by atoms with van der Waals surface area (Å²) < 4.78 is 0. The Morgan fingerprint density at radius 2 is 1.94 bits per heavy atom. The van der Waals surface area contributed by atoms with Gasteiger partial charge in [0, 0.05) is 53.2 Å². The number of aromatic nitrogens is 6. The molecule has 6 rings (SSSR count). The van der Waals surface area contributed by atoms with Crippen LogP contribution in [0.1, 0.15) is 39.0 Å². The first-order valence-electron chi connectivity index (χ1n) is 12.7. The second kappa shape index (κ2) is 9.45. The van der Waals surface area contributed by atoms with Crippen LogP contribution in [0.25, 0.3) is 44.6 Å². The van der Waals surface area contributed by atoms with Crippen LogP contribution in [-0.2, 0) is 0 Å². The van der Waals surface area contributed by atoms with Gasteiger partial charge in [-0.1, -0.05) is 19.9 Å². The summed E-state index contributed by atoms with van der Waals surface area (Å²) in [5.41, 5.74) is 8.47. The zero-order valence-electron chi connectivity index (χ0n) is 20.5. The summed E-state index contributed by atoms with van der Waals surface area (Å²) in [4.78, 5) is 19.7. The van der Waals surface area contributed by atoms with E-state index in [1.807, 2.05) is 24.8 Å². The summed E-state index contributed by atoms with van der Waals surface area (Å²) in [6, 6.07) is 8.42. The van der Waals surface area contributed by atoms with E-state index >= 15 is 0 Å². The van der Waals surface area contributed by atoms with E-state index in [2.05, 4.69) is 78.1 Å². The molecular formula is C28H30N8. The first kappa shape index (κ1) is 22.3. The molecule has 5 aromatic rings. The number of aromatic amines is 2. The second-order valence-electron chi connectivity index (χ2n) is 9.45. The normalized spacial score (nSPS) is 14.0. The maximum absolute atomic E-state index is 4.67. The van der Waals surface area contributed by atoms with Gasteiger partial charge >= 0.3 is 0 Å². The molecule has 0 bridgehead atoms. The fourth-order valence-corrected chi connectivity index (χ4v) is 5.05. The Morgan fingerprint density at radius 1 is 1.06 bits per heavy atom. The van der Waals surface area contributed by atoms with E-state index in [1.54, 1.807) is 0 Å². The number of rotatable bonds is 7. The molecule has 0 spiro atoms. The van der Waals surface area contributed by atoms with Crippen molar-refractivity contribution in [1.29, 1.82) is 0 Å². The Kier molecular flexibility index (Phi) is 5.85. The van der Waals surface area contributed by atoms with Gasteiger partial charge in [0.15, 0.2) is 0 Å². The molecule has 0 atom stereocenters. The van der Waals surface area contributed by atoms with Crippen molar-refractivity contribution in [2.45, 2.75) is 39.0 Å². The van der Waals surface area contributed by atoms with Crippen LogP contribution in [-0.4, -0.2) is 43.2 Å². The third kappa shape index (κ3) is 4.19. The smallest absolute Gasteiger partial charge is 0.139 e. The van der Waals surface area contributed by atoms with Crippen molar-refractivity contribution < 1.29 is 0 Å². The maximum atomic E-state index is 4.67. The quantitative estimate of drug-likeness (QED) is 0.255. The molecule has 1 aliphatic heterocycles. The molecule has 8 heteroatoms. The van der Waals surface area contributed by atoms with E-state index in [0.717, 1.165) is 81.9 Å². The van der Waals surface area contributed by atoms with Gasteiger partial charge in [0.2, 0.25) is 0 Å². The number of hydrogen-bond acceptors (Lipinski definition) is 6. The summed E-state index contributed by atoms with van der Waals surface area (Å²) in [6.45, 7) is 8.42. The summed E-state index contributed by atoms with van der Waals surface area (Å²) in [7, 11) is 0. The van der Waals surface area contributed by atoms with Crippen LogP contribution in [0.3, 0.4) is 0 Å². The number of fused-ring (bicyclic) bond motifs is 2. The van der Waals surface area contributed by atoms with E-state index < -0.39 is 0 Å². The SMILES string of the molecule is C=C(CCC)Nc1cncc(-c2cc3c(-c4cc5c(N6CCCCC6)ccnc5[nH]4)n[nH]c3cn2)c1. The van der Waals surface area contributed by atoms with Crippen molar-refractivity contribution in [1.82, 2.24) is 30.1 Å². The van der Waals surface area contributed by atoms with E-state index in [9.17, 15) is 0 Å². The molecule has 0 aliphatic carbocycles. The van der Waals surface area contributed by atoms with Crippen molar-refractivity contribution in [2.24, 2.45) is 0 Å². The number of H-pyrrole nitrogens is 2. The molecule has 8 nitrogen and oxygen atoms in total. The summed E-state index contributed by atoms with van der Waals surface area (Å²) in [5, 5.41) is 13.3. The minimum Gasteiger partial charge on any atom is -0.371 e. The Morgan fingerprint density at radius 3 is 2.81 bits per heavy atom. The molecule has 182 valence electrons. The average molecular weight is 479 g/mol. The highest BCUT2D eigenvalue weighted by Crippen LogP contribution is 2.34. The molecular weight excluding hydrogens is 448 g/mol. The third-order valence-electron chi connectivity index (χ3n) is 6.81. The van der Waals surface area contributed by atoms with Gasteiger partial charge in [-0.05, 0) is 49.9 Å². The summed E-state index contributed by atoms with van der Waals surface area (Å²) in [6.07, 6.45) is 13.1. The molecule has 0 unspecified atom stereocenters. The molecule has 0 aromatic carbocycles. The molecule has 1 fully saturated rings. The van der Waals surface area contributed by atoms with Gasteiger partial charge in [0.1, 0.15) is 11.3 Å². The fourth-order valence-electron chi connectivity index (χ4n) is 5.05. The molecule has 5 aromatic heterocycles. The lowest BCUT2D eigenvalue weighted by Crippen LogP contribution is -2.29. The van der Waals surface area contributed by atoms with Crippen LogP contribution in [0.2, 0.25) is 0 Å². The lowest BCUT2D eigenvalue weighted by Gasteiger charge is -2.29. The van der Waals surface area contributed by atoms with Crippen LogP contribution in [0, 0.1) is 0 Å². The Balaban J connectivity index is 1.37. The Labute approximate surface area is 209 Å². The number of allylic oxidation sites excluding steroid dienone is 1. The number of nitrogens with zero attached hydrogens (tertiary/aromatic N) is 5. The van der Waals surface area contributed by atoms with Crippen LogP contribution >= 0.6 is 0 Å². The van der Waals surface area contributed by atoms with E-state index in [1.165, 1.54) is 24.9 Å². The van der Waals surface area contributed by atoms with Crippen LogP contribution < -0.4 is 10.2 Å². The van der Waals surface area contributed by atoms with Crippen molar-refractivity contribution in [3.8, 4) is 22.6 Å². The van der Waals surface area contributed by atoms with Gasteiger partial charge in [-0.3, -0.25) is 15.1 Å². The minimum absolute atomic E-state index is 0.839. The van der Waals surface area contributed by atoms with Crippen molar-refractivity contribution in [3.05, 3.63) is 61.3 Å². The standard InChI is InChI=1S/C28H30N8/c1-3-7-18(2)32-20-12-19(15-29-16-20)23-13-21-25(17-31-23)34-35-27(21)24-14-22-26(8-9-30-28(22)33-24)36-10-5-4-6-11-36/h8-9,12-17,32H,2-7,10-11H2,1H3,(H,30,33)(H,34,35). The zero-order chi connectivity index (χ0) is 24.5. The van der Waals surface area contributed by atoms with Crippen molar-refractivity contribution >= 4 is 33.3 Å². The molecule has 0 radical (unpaired) electrons. The van der Waals surface area contributed by atoms with Gasteiger partial charge < -0.3 is 15.2 Å². The number of hydrogen-bond donors (Lipinski definition) is 3. The average Bonchev–Trinajstić information content (AvgIpc) is 3.53. The molecule has 6 heterocycles. The van der Waals surface area contributed by atoms with Crippen molar-refractivity contribution in [2.75, 3.05) is 23.3 Å². The van der Waals surface area contributed by atoms with E-state index in [-0.39, 0.29) is 0 Å². The molecule has 36 heavy (non-hydrogen) atoms. The predicted octanol–water partition coefficient (Wildman–Crippen LogP) is 6.28. The van der Waals surface area contributed by atoms with Gasteiger partial charge in [0.25, 0.3) is 0 Å². The van der Waals surface area contributed by atoms with Gasteiger partial charge in [-0.25, -0.2) is 4.98 Å². The van der Waals surface area contributed by atoms with Gasteiger partial charge in [-0.2, -0.15) is 5.10 Å². The zero-order valence-corrected chi connectivity index (χ0v) is 20.5. The molecule has 1 aliphatic rings. The number of pyridine rings is 3. The van der Waals surface area contributed by atoms with E-state index in [0.29, 0.717) is 0 Å². The van der Waals surface area contributed by atoms with E-state index in [4.69, 9.17) is 0 Å². The maximum Gasteiger partial charge on any atom is 0.139 e. The number of anilines is 2. The molecule has 1 saturated heterocycles. The lowest BCUT2D eigenvalue weighted by molar-refractivity contribution is 0.579. The monoisotopic (exact) mass is 478 g/mol. The Hall–Kier alpha value is -4.20.